The number of phenols is 1. The molecule has 0 saturated carbocycles. The Morgan fingerprint density at radius 1 is 1.00 bits per heavy atom. The van der Waals surface area contributed by atoms with Gasteiger partial charge in [0.15, 0.2) is 0 Å². The molecule has 0 aromatic heterocycles. The number of hydrogen-bond donors (Lipinski definition) is 7. The number of primary amides is 1. The molecule has 11 heteroatoms. The number of carboxylic acid groups (broad SMARTS) is 1. The number of carbonyl (C=O) groups excluding carboxylic acids is 3. The molecular formula is C16H22N4O7. The Labute approximate surface area is 154 Å². The normalized spacial score (nSPS) is 13.9. The van der Waals surface area contributed by atoms with Crippen LogP contribution in [0.15, 0.2) is 24.3 Å². The zero-order valence-electron chi connectivity index (χ0n) is 14.3. The third-order valence-corrected chi connectivity index (χ3v) is 3.56. The van der Waals surface area contributed by atoms with E-state index in [9.17, 15) is 24.3 Å². The highest BCUT2D eigenvalue weighted by Crippen LogP contribution is 2.11. The molecule has 1 rings (SSSR count). The number of nitrogens with two attached hydrogens (primary N) is 2. The van der Waals surface area contributed by atoms with Gasteiger partial charge in [-0.1, -0.05) is 12.1 Å². The van der Waals surface area contributed by atoms with E-state index in [1.54, 1.807) is 0 Å². The van der Waals surface area contributed by atoms with Gasteiger partial charge in [0.1, 0.15) is 17.8 Å². The summed E-state index contributed by atoms with van der Waals surface area (Å²) in [6.07, 6.45) is -0.493. The van der Waals surface area contributed by atoms with Gasteiger partial charge in [0.2, 0.25) is 17.7 Å². The third-order valence-electron chi connectivity index (χ3n) is 3.56. The summed E-state index contributed by atoms with van der Waals surface area (Å²) in [4.78, 5) is 46.3. The highest BCUT2D eigenvalue weighted by Gasteiger charge is 2.28. The Morgan fingerprint density at radius 3 is 2.04 bits per heavy atom. The van der Waals surface area contributed by atoms with Gasteiger partial charge in [0.05, 0.1) is 19.1 Å². The summed E-state index contributed by atoms with van der Waals surface area (Å²) in [5, 5.41) is 31.7. The van der Waals surface area contributed by atoms with Crippen LogP contribution in [0.3, 0.4) is 0 Å². The molecule has 0 unspecified atom stereocenters. The van der Waals surface area contributed by atoms with Gasteiger partial charge in [-0.25, -0.2) is 4.79 Å². The summed E-state index contributed by atoms with van der Waals surface area (Å²) in [5.74, 6) is -3.96. The second-order valence-corrected chi connectivity index (χ2v) is 5.79. The van der Waals surface area contributed by atoms with Crippen molar-refractivity contribution in [3.63, 3.8) is 0 Å². The first-order chi connectivity index (χ1) is 12.6. The lowest BCUT2D eigenvalue weighted by Gasteiger charge is -2.22. The van der Waals surface area contributed by atoms with Crippen molar-refractivity contribution in [2.75, 3.05) is 6.61 Å². The van der Waals surface area contributed by atoms with Crippen molar-refractivity contribution in [3.05, 3.63) is 29.8 Å². The molecular weight excluding hydrogens is 360 g/mol. The number of aliphatic hydroxyl groups is 1. The van der Waals surface area contributed by atoms with Crippen molar-refractivity contribution in [2.24, 2.45) is 11.5 Å². The lowest BCUT2D eigenvalue weighted by atomic mass is 10.0. The van der Waals surface area contributed by atoms with Crippen molar-refractivity contribution in [2.45, 2.75) is 31.0 Å². The number of hydrogen-bond acceptors (Lipinski definition) is 7. The van der Waals surface area contributed by atoms with Gasteiger partial charge in [-0.15, -0.1) is 0 Å². The molecule has 9 N–H and O–H groups in total. The van der Waals surface area contributed by atoms with Gasteiger partial charge >= 0.3 is 5.97 Å². The molecule has 1 aromatic carbocycles. The van der Waals surface area contributed by atoms with Crippen LogP contribution in [0.5, 0.6) is 5.75 Å². The second kappa shape index (κ2) is 10.1. The summed E-state index contributed by atoms with van der Waals surface area (Å²) >= 11 is 0. The molecule has 3 amide bonds. The van der Waals surface area contributed by atoms with Crippen molar-refractivity contribution in [1.82, 2.24) is 10.6 Å². The van der Waals surface area contributed by atoms with Gasteiger partial charge in [-0.05, 0) is 17.7 Å². The van der Waals surface area contributed by atoms with Crippen molar-refractivity contribution < 1.29 is 34.5 Å². The van der Waals surface area contributed by atoms with E-state index in [2.05, 4.69) is 10.6 Å². The maximum Gasteiger partial charge on any atom is 0.328 e. The standard InChI is InChI=1S/C16H22N4O7/c17-10(6-13(18)23)14(24)19-11(5-8-1-3-9(22)4-2-8)15(25)20-12(7-21)16(26)27/h1-4,10-12,21-22H,5-7,17H2,(H2,18,23)(H,19,24)(H,20,25)(H,26,27)/t10-,11-,12-/m0/s1. The van der Waals surface area contributed by atoms with Gasteiger partial charge in [0, 0.05) is 6.42 Å². The first kappa shape index (κ1) is 21.9. The predicted octanol–water partition coefficient (Wildman–Crippen LogP) is -2.82. The number of amides is 3. The fourth-order valence-electron chi connectivity index (χ4n) is 2.12. The second-order valence-electron chi connectivity index (χ2n) is 5.79. The molecule has 0 spiro atoms. The van der Waals surface area contributed by atoms with Crippen molar-refractivity contribution in [1.29, 1.82) is 0 Å². The fourth-order valence-corrected chi connectivity index (χ4v) is 2.12. The Balaban J connectivity index is 2.95. The zero-order chi connectivity index (χ0) is 20.6. The smallest absolute Gasteiger partial charge is 0.328 e. The number of aromatic hydroxyl groups is 1. The number of carboxylic acids is 1. The van der Waals surface area contributed by atoms with Crippen molar-refractivity contribution >= 4 is 23.7 Å². The van der Waals surface area contributed by atoms with Crippen molar-refractivity contribution in [3.8, 4) is 5.75 Å². The minimum atomic E-state index is -1.56. The largest absolute Gasteiger partial charge is 0.508 e. The van der Waals surface area contributed by atoms with E-state index in [4.69, 9.17) is 21.7 Å². The molecule has 0 fully saturated rings. The molecule has 0 radical (unpaired) electrons. The van der Waals surface area contributed by atoms with E-state index >= 15 is 0 Å². The average Bonchev–Trinajstić information content (AvgIpc) is 2.59. The number of aliphatic hydroxyl groups excluding tert-OH is 1. The Bertz CT molecular complexity index is 693. The number of aliphatic carboxylic acids is 1. The van der Waals surface area contributed by atoms with E-state index in [1.807, 2.05) is 0 Å². The molecule has 3 atom stereocenters. The van der Waals surface area contributed by atoms with Gasteiger partial charge in [-0.3, -0.25) is 14.4 Å². The van der Waals surface area contributed by atoms with E-state index in [1.165, 1.54) is 24.3 Å². The molecule has 0 aliphatic rings. The molecule has 0 saturated heterocycles. The number of phenolic OH excluding ortho intramolecular Hbond substituents is 1. The summed E-state index contributed by atoms with van der Waals surface area (Å²) in [5.41, 5.74) is 11.1. The van der Waals surface area contributed by atoms with Crippen LogP contribution in [-0.4, -0.2) is 63.7 Å². The van der Waals surface area contributed by atoms with Crippen LogP contribution in [0.4, 0.5) is 0 Å². The van der Waals surface area contributed by atoms with Crippen LogP contribution in [-0.2, 0) is 25.6 Å². The summed E-state index contributed by atoms with van der Waals surface area (Å²) in [6, 6.07) is 1.67. The molecule has 27 heavy (non-hydrogen) atoms. The SMILES string of the molecule is NC(=O)C[C@H](N)C(=O)N[C@@H](Cc1ccc(O)cc1)C(=O)N[C@@H](CO)C(=O)O. The third kappa shape index (κ3) is 7.30. The van der Waals surface area contributed by atoms with Crippen LogP contribution in [0.2, 0.25) is 0 Å². The molecule has 148 valence electrons. The first-order valence-electron chi connectivity index (χ1n) is 7.90. The van der Waals surface area contributed by atoms with Gasteiger partial charge < -0.3 is 37.4 Å². The minimum absolute atomic E-state index is 0.00140. The van der Waals surface area contributed by atoms with E-state index in [-0.39, 0.29) is 12.2 Å². The van der Waals surface area contributed by atoms with Crippen LogP contribution >= 0.6 is 0 Å². The molecule has 0 aliphatic heterocycles. The highest BCUT2D eigenvalue weighted by molar-refractivity contribution is 5.93. The Hall–Kier alpha value is -3.18. The number of benzene rings is 1. The molecule has 11 nitrogen and oxygen atoms in total. The summed E-state index contributed by atoms with van der Waals surface area (Å²) in [7, 11) is 0. The molecule has 1 aromatic rings. The van der Waals surface area contributed by atoms with E-state index in [0.29, 0.717) is 5.56 Å². The maximum absolute atomic E-state index is 12.4. The molecule has 0 heterocycles. The Kier molecular flexibility index (Phi) is 8.17. The van der Waals surface area contributed by atoms with Crippen LogP contribution in [0, 0.1) is 0 Å². The number of rotatable bonds is 10. The molecule has 0 aliphatic carbocycles. The van der Waals surface area contributed by atoms with Crippen LogP contribution in [0.1, 0.15) is 12.0 Å². The monoisotopic (exact) mass is 382 g/mol. The van der Waals surface area contributed by atoms with E-state index in [0.717, 1.165) is 0 Å². The zero-order valence-corrected chi connectivity index (χ0v) is 14.3. The topological polar surface area (TPSA) is 205 Å². The minimum Gasteiger partial charge on any atom is -0.508 e. The Morgan fingerprint density at radius 2 is 1.56 bits per heavy atom. The summed E-state index contributed by atoms with van der Waals surface area (Å²) < 4.78 is 0. The number of nitrogens with one attached hydrogen (secondary N) is 2. The lowest BCUT2D eigenvalue weighted by molar-refractivity contribution is -0.143. The van der Waals surface area contributed by atoms with Crippen LogP contribution < -0.4 is 22.1 Å². The van der Waals surface area contributed by atoms with Gasteiger partial charge in [-0.2, -0.15) is 0 Å². The fraction of sp³-hybridized carbons (Fsp3) is 0.375. The van der Waals surface area contributed by atoms with Crippen LogP contribution in [0.25, 0.3) is 0 Å². The quantitative estimate of drug-likeness (QED) is 0.224. The van der Waals surface area contributed by atoms with Gasteiger partial charge in [0.25, 0.3) is 0 Å². The maximum atomic E-state index is 12.4. The predicted molar refractivity (Wildman–Crippen MR) is 92.2 cm³/mol. The first-order valence-corrected chi connectivity index (χ1v) is 7.90. The van der Waals surface area contributed by atoms with E-state index < -0.39 is 54.8 Å². The number of carbonyl (C=O) groups is 4. The summed E-state index contributed by atoms with van der Waals surface area (Å²) in [6.45, 7) is -0.845. The average molecular weight is 382 g/mol. The molecule has 0 bridgehead atoms. The highest BCUT2D eigenvalue weighted by atomic mass is 16.4. The lowest BCUT2D eigenvalue weighted by Crippen LogP contribution is -2.56.